The molecule has 1 N–H and O–H groups in total. The highest BCUT2D eigenvalue weighted by Crippen LogP contribution is 2.24. The van der Waals surface area contributed by atoms with Crippen molar-refractivity contribution >= 4 is 17.6 Å². The summed E-state index contributed by atoms with van der Waals surface area (Å²) in [6.07, 6.45) is 4.88. The van der Waals surface area contributed by atoms with Crippen molar-refractivity contribution in [3.05, 3.63) is 29.3 Å². The lowest BCUT2D eigenvalue weighted by atomic mass is 10.1. The second kappa shape index (κ2) is 11.6. The number of benzene rings is 1. The Balaban J connectivity index is 1.45. The molecule has 0 saturated carbocycles. The van der Waals surface area contributed by atoms with E-state index in [1.165, 1.54) is 0 Å². The van der Waals surface area contributed by atoms with Gasteiger partial charge in [0.2, 0.25) is 0 Å². The van der Waals surface area contributed by atoms with Crippen LogP contribution in [-0.4, -0.2) is 68.6 Å². The maximum Gasteiger partial charge on any atom is 0.194 e. The number of para-hydroxylation sites is 1. The van der Waals surface area contributed by atoms with Crippen molar-refractivity contribution in [2.75, 3.05) is 39.4 Å². The predicted molar refractivity (Wildman–Crippen MR) is 117 cm³/mol. The molecule has 162 valence electrons. The fourth-order valence-corrected chi connectivity index (χ4v) is 3.87. The van der Waals surface area contributed by atoms with Crippen LogP contribution in [0.5, 0.6) is 5.75 Å². The fraction of sp³-hybridized carbons (Fsp3) is 0.682. The Morgan fingerprint density at radius 2 is 2.10 bits per heavy atom. The van der Waals surface area contributed by atoms with Crippen LogP contribution in [0, 0.1) is 0 Å². The lowest BCUT2D eigenvalue weighted by Crippen LogP contribution is -2.47. The Morgan fingerprint density at radius 3 is 2.79 bits per heavy atom. The van der Waals surface area contributed by atoms with Crippen molar-refractivity contribution in [3.8, 4) is 5.75 Å². The number of hydrogen-bond donors (Lipinski definition) is 1. The van der Waals surface area contributed by atoms with E-state index < -0.39 is 0 Å². The number of halogens is 1. The van der Waals surface area contributed by atoms with Crippen molar-refractivity contribution in [2.24, 2.45) is 4.99 Å². The van der Waals surface area contributed by atoms with Crippen LogP contribution in [0.2, 0.25) is 5.02 Å². The van der Waals surface area contributed by atoms with Gasteiger partial charge in [-0.15, -0.1) is 0 Å². The van der Waals surface area contributed by atoms with Gasteiger partial charge >= 0.3 is 0 Å². The van der Waals surface area contributed by atoms with Gasteiger partial charge in [0.1, 0.15) is 11.9 Å². The van der Waals surface area contributed by atoms with Crippen LogP contribution in [0.3, 0.4) is 0 Å². The number of rotatable bonds is 8. The third kappa shape index (κ3) is 7.05. The maximum atomic E-state index is 6.18. The van der Waals surface area contributed by atoms with E-state index in [0.717, 1.165) is 64.5 Å². The first-order valence-electron chi connectivity index (χ1n) is 10.8. The SMILES string of the molecule is CCNC(=NCC(C)Oc1ccccc1Cl)N1CCC(OCC2CCCO2)CC1. The predicted octanol–water partition coefficient (Wildman–Crippen LogP) is 3.73. The maximum absolute atomic E-state index is 6.18. The first-order chi connectivity index (χ1) is 14.2. The topological polar surface area (TPSA) is 55.3 Å². The summed E-state index contributed by atoms with van der Waals surface area (Å²) >= 11 is 6.18. The summed E-state index contributed by atoms with van der Waals surface area (Å²) in [6.45, 7) is 9.03. The number of nitrogens with one attached hydrogen (secondary N) is 1. The highest BCUT2D eigenvalue weighted by molar-refractivity contribution is 6.32. The summed E-state index contributed by atoms with van der Waals surface area (Å²) < 4.78 is 17.7. The first-order valence-corrected chi connectivity index (χ1v) is 11.2. The summed E-state index contributed by atoms with van der Waals surface area (Å²) in [7, 11) is 0. The van der Waals surface area contributed by atoms with Gasteiger partial charge < -0.3 is 24.4 Å². The second-order valence-corrected chi connectivity index (χ2v) is 8.12. The van der Waals surface area contributed by atoms with Crippen LogP contribution in [0.1, 0.15) is 39.5 Å². The number of nitrogens with zero attached hydrogens (tertiary/aromatic N) is 2. The monoisotopic (exact) mass is 423 g/mol. The van der Waals surface area contributed by atoms with E-state index in [2.05, 4.69) is 17.1 Å². The normalized spacial score (nSPS) is 22.0. The van der Waals surface area contributed by atoms with Crippen molar-refractivity contribution in [2.45, 2.75) is 57.8 Å². The average Bonchev–Trinajstić information content (AvgIpc) is 3.25. The number of guanidine groups is 1. The molecule has 2 saturated heterocycles. The van der Waals surface area contributed by atoms with E-state index in [4.69, 9.17) is 30.8 Å². The smallest absolute Gasteiger partial charge is 0.194 e. The number of hydrogen-bond acceptors (Lipinski definition) is 4. The van der Waals surface area contributed by atoms with Gasteiger partial charge in [-0.1, -0.05) is 23.7 Å². The number of ether oxygens (including phenoxy) is 3. The lowest BCUT2D eigenvalue weighted by Gasteiger charge is -2.34. The van der Waals surface area contributed by atoms with Gasteiger partial charge in [0.15, 0.2) is 5.96 Å². The van der Waals surface area contributed by atoms with Crippen LogP contribution in [0.25, 0.3) is 0 Å². The zero-order chi connectivity index (χ0) is 20.5. The molecule has 0 spiro atoms. The molecule has 2 aliphatic rings. The number of aliphatic imine (C=N–C) groups is 1. The van der Waals surface area contributed by atoms with Crippen molar-refractivity contribution in [1.82, 2.24) is 10.2 Å². The molecular formula is C22H34ClN3O3. The van der Waals surface area contributed by atoms with Crippen LogP contribution in [0.15, 0.2) is 29.3 Å². The van der Waals surface area contributed by atoms with Crippen molar-refractivity contribution in [1.29, 1.82) is 0 Å². The molecule has 2 aliphatic heterocycles. The molecule has 0 amide bonds. The van der Waals surface area contributed by atoms with E-state index in [1.54, 1.807) is 0 Å². The van der Waals surface area contributed by atoms with Gasteiger partial charge in [-0.05, 0) is 51.7 Å². The minimum atomic E-state index is -0.0594. The molecule has 0 bridgehead atoms. The molecule has 29 heavy (non-hydrogen) atoms. The van der Waals surface area contributed by atoms with E-state index in [1.807, 2.05) is 31.2 Å². The third-order valence-corrected chi connectivity index (χ3v) is 5.59. The first kappa shape index (κ1) is 22.2. The standard InChI is InChI=1S/C22H34ClN3O3/c1-3-24-22(25-15-17(2)29-21-9-5-4-8-20(21)23)26-12-10-18(11-13-26)28-16-19-7-6-14-27-19/h4-5,8-9,17-19H,3,6-7,10-16H2,1-2H3,(H,24,25). The number of likely N-dealkylation sites (tertiary alicyclic amines) is 1. The zero-order valence-corrected chi connectivity index (χ0v) is 18.4. The van der Waals surface area contributed by atoms with Crippen LogP contribution < -0.4 is 10.1 Å². The quantitative estimate of drug-likeness (QED) is 0.510. The Bertz CT molecular complexity index is 644. The molecular weight excluding hydrogens is 390 g/mol. The largest absolute Gasteiger partial charge is 0.487 e. The summed E-state index contributed by atoms with van der Waals surface area (Å²) in [5, 5.41) is 4.03. The zero-order valence-electron chi connectivity index (χ0n) is 17.6. The van der Waals surface area contributed by atoms with Crippen LogP contribution >= 0.6 is 11.6 Å². The van der Waals surface area contributed by atoms with Gasteiger partial charge in [-0.3, -0.25) is 0 Å². The average molecular weight is 424 g/mol. The van der Waals surface area contributed by atoms with Gasteiger partial charge in [0.05, 0.1) is 30.4 Å². The Kier molecular flexibility index (Phi) is 8.90. The summed E-state index contributed by atoms with van der Waals surface area (Å²) in [5.41, 5.74) is 0. The molecule has 0 radical (unpaired) electrons. The van der Waals surface area contributed by atoms with Crippen LogP contribution in [-0.2, 0) is 9.47 Å². The van der Waals surface area contributed by atoms with E-state index >= 15 is 0 Å². The van der Waals surface area contributed by atoms with Gasteiger partial charge in [0, 0.05) is 26.2 Å². The van der Waals surface area contributed by atoms with E-state index in [-0.39, 0.29) is 6.10 Å². The molecule has 0 aromatic heterocycles. The Morgan fingerprint density at radius 1 is 1.31 bits per heavy atom. The molecule has 2 atom stereocenters. The third-order valence-electron chi connectivity index (χ3n) is 5.28. The lowest BCUT2D eigenvalue weighted by molar-refractivity contribution is -0.0367. The molecule has 7 heteroatoms. The highest BCUT2D eigenvalue weighted by atomic mass is 35.5. The van der Waals surface area contributed by atoms with E-state index in [0.29, 0.717) is 29.5 Å². The molecule has 1 aromatic rings. The van der Waals surface area contributed by atoms with E-state index in [9.17, 15) is 0 Å². The summed E-state index contributed by atoms with van der Waals surface area (Å²) in [4.78, 5) is 7.12. The molecule has 2 fully saturated rings. The van der Waals surface area contributed by atoms with Crippen LogP contribution in [0.4, 0.5) is 0 Å². The molecule has 6 nitrogen and oxygen atoms in total. The summed E-state index contributed by atoms with van der Waals surface area (Å²) in [5.74, 6) is 1.64. The minimum Gasteiger partial charge on any atom is -0.487 e. The minimum absolute atomic E-state index is 0.0594. The highest BCUT2D eigenvalue weighted by Gasteiger charge is 2.24. The van der Waals surface area contributed by atoms with Gasteiger partial charge in [-0.2, -0.15) is 0 Å². The van der Waals surface area contributed by atoms with Crippen molar-refractivity contribution in [3.63, 3.8) is 0 Å². The second-order valence-electron chi connectivity index (χ2n) is 7.71. The van der Waals surface area contributed by atoms with Gasteiger partial charge in [-0.25, -0.2) is 4.99 Å². The van der Waals surface area contributed by atoms with Gasteiger partial charge in [0.25, 0.3) is 0 Å². The van der Waals surface area contributed by atoms with Crippen molar-refractivity contribution < 1.29 is 14.2 Å². The Hall–Kier alpha value is -1.50. The molecule has 1 aromatic carbocycles. The summed E-state index contributed by atoms with van der Waals surface area (Å²) in [6, 6.07) is 7.54. The Labute approximate surface area is 179 Å². The molecule has 2 unspecified atom stereocenters. The fourth-order valence-electron chi connectivity index (χ4n) is 3.69. The number of piperidine rings is 1. The molecule has 0 aliphatic carbocycles. The molecule has 2 heterocycles. The molecule has 3 rings (SSSR count).